The van der Waals surface area contributed by atoms with E-state index in [1.165, 1.54) is 6.92 Å². The van der Waals surface area contributed by atoms with Crippen molar-refractivity contribution in [3.05, 3.63) is 34.1 Å². The summed E-state index contributed by atoms with van der Waals surface area (Å²) in [5, 5.41) is 19.4. The number of nitro benzene ring substituents is 1. The Hall–Kier alpha value is -1.58. The van der Waals surface area contributed by atoms with Crippen molar-refractivity contribution in [2.45, 2.75) is 17.9 Å². The van der Waals surface area contributed by atoms with Crippen LogP contribution in [0.3, 0.4) is 0 Å². The first kappa shape index (κ1) is 14.5. The maximum Gasteiger partial charge on any atom is 0.270 e. The Kier molecular flexibility index (Phi) is 4.33. The smallest absolute Gasteiger partial charge is 0.270 e. The molecule has 0 radical (unpaired) electrons. The van der Waals surface area contributed by atoms with E-state index < -0.39 is 37.5 Å². The first-order chi connectivity index (χ1) is 8.24. The monoisotopic (exact) mass is 278 g/mol. The summed E-state index contributed by atoms with van der Waals surface area (Å²) < 4.78 is 38.6. The van der Waals surface area contributed by atoms with Gasteiger partial charge in [-0.1, -0.05) is 0 Å². The summed E-state index contributed by atoms with van der Waals surface area (Å²) in [7, 11) is -4.23. The molecule has 1 atom stereocenters. The second kappa shape index (κ2) is 5.38. The molecule has 0 aliphatic carbocycles. The number of nitro groups is 1. The van der Waals surface area contributed by atoms with Gasteiger partial charge in [-0.3, -0.25) is 10.1 Å². The molecule has 100 valence electrons. The number of halogens is 1. The molecular weight excluding hydrogens is 267 g/mol. The van der Waals surface area contributed by atoms with E-state index in [4.69, 9.17) is 5.11 Å². The lowest BCUT2D eigenvalue weighted by atomic mass is 10.3. The zero-order valence-corrected chi connectivity index (χ0v) is 10.1. The minimum atomic E-state index is -4.23. The zero-order valence-electron chi connectivity index (χ0n) is 9.33. The van der Waals surface area contributed by atoms with Crippen LogP contribution < -0.4 is 4.72 Å². The van der Waals surface area contributed by atoms with Gasteiger partial charge in [0.1, 0.15) is 10.7 Å². The van der Waals surface area contributed by atoms with Crippen LogP contribution in [-0.2, 0) is 10.0 Å². The number of benzene rings is 1. The SMILES string of the molecule is C[C@@H](O)CNS(=O)(=O)c1cc([N+](=O)[O-])ccc1F. The fourth-order valence-electron chi connectivity index (χ4n) is 1.12. The minimum absolute atomic E-state index is 0.315. The largest absolute Gasteiger partial charge is 0.392 e. The number of hydrogen-bond donors (Lipinski definition) is 2. The highest BCUT2D eigenvalue weighted by Crippen LogP contribution is 2.20. The summed E-state index contributed by atoms with van der Waals surface area (Å²) in [6.45, 7) is 1.02. The van der Waals surface area contributed by atoms with E-state index in [1.807, 2.05) is 4.72 Å². The van der Waals surface area contributed by atoms with Gasteiger partial charge < -0.3 is 5.11 Å². The Morgan fingerprint density at radius 2 is 2.17 bits per heavy atom. The van der Waals surface area contributed by atoms with Gasteiger partial charge in [-0.15, -0.1) is 0 Å². The molecule has 1 rings (SSSR count). The summed E-state index contributed by atoms with van der Waals surface area (Å²) in [6.07, 6.45) is -0.957. The Balaban J connectivity index is 3.15. The van der Waals surface area contributed by atoms with Gasteiger partial charge >= 0.3 is 0 Å². The third-order valence-corrected chi connectivity index (χ3v) is 3.42. The maximum atomic E-state index is 13.3. The van der Waals surface area contributed by atoms with E-state index >= 15 is 0 Å². The lowest BCUT2D eigenvalue weighted by molar-refractivity contribution is -0.385. The van der Waals surface area contributed by atoms with Crippen molar-refractivity contribution in [2.75, 3.05) is 6.54 Å². The average molecular weight is 278 g/mol. The maximum absolute atomic E-state index is 13.3. The standard InChI is InChI=1S/C9H11FN2O5S/c1-6(13)5-11-18(16,17)9-4-7(12(14)15)2-3-8(9)10/h2-4,6,11,13H,5H2,1H3/t6-/m1/s1. The van der Waals surface area contributed by atoms with E-state index in [0.717, 1.165) is 6.07 Å². The molecule has 0 aromatic heterocycles. The molecular formula is C9H11FN2O5S. The molecule has 0 saturated carbocycles. The Labute approximate surface area is 102 Å². The van der Waals surface area contributed by atoms with Crippen LogP contribution in [0.15, 0.2) is 23.1 Å². The third kappa shape index (κ3) is 3.45. The Morgan fingerprint density at radius 3 is 2.67 bits per heavy atom. The van der Waals surface area contributed by atoms with E-state index in [9.17, 15) is 22.9 Å². The predicted octanol–water partition coefficient (Wildman–Crippen LogP) is 0.393. The van der Waals surface area contributed by atoms with Crippen LogP contribution >= 0.6 is 0 Å². The summed E-state index contributed by atoms with van der Waals surface area (Å²) in [5.74, 6) is -1.10. The van der Waals surface area contributed by atoms with Gasteiger partial charge in [0.05, 0.1) is 11.0 Å². The number of aliphatic hydroxyl groups excluding tert-OH is 1. The van der Waals surface area contributed by atoms with Crippen molar-refractivity contribution in [1.82, 2.24) is 4.72 Å². The summed E-state index contributed by atoms with van der Waals surface area (Å²) >= 11 is 0. The van der Waals surface area contributed by atoms with E-state index in [-0.39, 0.29) is 6.54 Å². The molecule has 9 heteroatoms. The molecule has 1 aromatic rings. The number of hydrogen-bond acceptors (Lipinski definition) is 5. The molecule has 0 spiro atoms. The minimum Gasteiger partial charge on any atom is -0.392 e. The molecule has 0 saturated heterocycles. The van der Waals surface area contributed by atoms with Crippen LogP contribution in [0, 0.1) is 15.9 Å². The van der Waals surface area contributed by atoms with Gasteiger partial charge in [0, 0.05) is 18.7 Å². The number of sulfonamides is 1. The molecule has 18 heavy (non-hydrogen) atoms. The fourth-order valence-corrected chi connectivity index (χ4v) is 2.34. The van der Waals surface area contributed by atoms with Crippen LogP contribution in [0.25, 0.3) is 0 Å². The molecule has 2 N–H and O–H groups in total. The molecule has 0 unspecified atom stereocenters. The second-order valence-corrected chi connectivity index (χ2v) is 5.31. The van der Waals surface area contributed by atoms with Crippen LogP contribution in [0.4, 0.5) is 10.1 Å². The first-order valence-corrected chi connectivity index (χ1v) is 6.34. The van der Waals surface area contributed by atoms with Gasteiger partial charge in [0.15, 0.2) is 0 Å². The first-order valence-electron chi connectivity index (χ1n) is 4.85. The topological polar surface area (TPSA) is 110 Å². The molecule has 0 amide bonds. The molecule has 0 aliphatic heterocycles. The number of non-ortho nitro benzene ring substituents is 1. The Morgan fingerprint density at radius 1 is 1.56 bits per heavy atom. The molecule has 1 aromatic carbocycles. The van der Waals surface area contributed by atoms with E-state index in [2.05, 4.69) is 0 Å². The van der Waals surface area contributed by atoms with E-state index in [1.54, 1.807) is 0 Å². The van der Waals surface area contributed by atoms with Gasteiger partial charge in [0.2, 0.25) is 10.0 Å². The van der Waals surface area contributed by atoms with Crippen molar-refractivity contribution >= 4 is 15.7 Å². The number of nitrogens with one attached hydrogen (secondary N) is 1. The normalized spacial score (nSPS) is 13.3. The molecule has 0 fully saturated rings. The van der Waals surface area contributed by atoms with Gasteiger partial charge in [-0.25, -0.2) is 17.5 Å². The molecule has 7 nitrogen and oxygen atoms in total. The van der Waals surface area contributed by atoms with Crippen molar-refractivity contribution < 1.29 is 22.8 Å². The number of nitrogens with zero attached hydrogens (tertiary/aromatic N) is 1. The third-order valence-electron chi connectivity index (χ3n) is 1.98. The van der Waals surface area contributed by atoms with Crippen LogP contribution in [0.1, 0.15) is 6.92 Å². The van der Waals surface area contributed by atoms with Crippen LogP contribution in [0.5, 0.6) is 0 Å². The number of aliphatic hydroxyl groups is 1. The molecule has 0 aliphatic rings. The van der Waals surface area contributed by atoms with Crippen LogP contribution in [0.2, 0.25) is 0 Å². The van der Waals surface area contributed by atoms with Crippen molar-refractivity contribution in [3.63, 3.8) is 0 Å². The van der Waals surface area contributed by atoms with Crippen molar-refractivity contribution in [2.24, 2.45) is 0 Å². The zero-order chi connectivity index (χ0) is 13.9. The van der Waals surface area contributed by atoms with Gasteiger partial charge in [-0.05, 0) is 13.0 Å². The van der Waals surface area contributed by atoms with Gasteiger partial charge in [0.25, 0.3) is 5.69 Å². The van der Waals surface area contributed by atoms with Crippen molar-refractivity contribution in [1.29, 1.82) is 0 Å². The number of rotatable bonds is 5. The predicted molar refractivity (Wildman–Crippen MR) is 59.9 cm³/mol. The summed E-state index contributed by atoms with van der Waals surface area (Å²) in [5.41, 5.74) is -0.533. The Bertz CT molecular complexity index is 558. The van der Waals surface area contributed by atoms with E-state index in [0.29, 0.717) is 12.1 Å². The molecule has 0 heterocycles. The quantitative estimate of drug-likeness (QED) is 0.598. The summed E-state index contributed by atoms with van der Waals surface area (Å²) in [4.78, 5) is 8.84. The average Bonchev–Trinajstić information content (AvgIpc) is 2.26. The summed E-state index contributed by atoms with van der Waals surface area (Å²) in [6, 6.07) is 2.19. The second-order valence-electron chi connectivity index (χ2n) is 3.57. The van der Waals surface area contributed by atoms with Gasteiger partial charge in [-0.2, -0.15) is 0 Å². The van der Waals surface area contributed by atoms with Crippen molar-refractivity contribution in [3.8, 4) is 0 Å². The highest BCUT2D eigenvalue weighted by molar-refractivity contribution is 7.89. The highest BCUT2D eigenvalue weighted by atomic mass is 32.2. The highest BCUT2D eigenvalue weighted by Gasteiger charge is 2.22. The lowest BCUT2D eigenvalue weighted by Crippen LogP contribution is -2.31. The molecule has 0 bridgehead atoms. The lowest BCUT2D eigenvalue weighted by Gasteiger charge is -2.08. The van der Waals surface area contributed by atoms with Crippen LogP contribution in [-0.4, -0.2) is 31.1 Å². The fraction of sp³-hybridized carbons (Fsp3) is 0.333.